The molecule has 0 aliphatic carbocycles. The predicted octanol–water partition coefficient (Wildman–Crippen LogP) is 13.1. The predicted molar refractivity (Wildman–Crippen MR) is 208 cm³/mol. The summed E-state index contributed by atoms with van der Waals surface area (Å²) >= 11 is 0. The maximum Gasteiger partial charge on any atom is 0.220 e. The van der Waals surface area contributed by atoms with Gasteiger partial charge in [0.1, 0.15) is 46.0 Å². The molecule has 0 spiro atoms. The van der Waals surface area contributed by atoms with E-state index in [2.05, 4.69) is 0 Å². The molecule has 0 amide bonds. The van der Waals surface area contributed by atoms with Crippen LogP contribution in [0.4, 0.5) is 0 Å². The van der Waals surface area contributed by atoms with Crippen LogP contribution in [-0.2, 0) is 0 Å². The largest absolute Gasteiger partial charge is 0.508 e. The molecular weight excluding hydrogens is 680 g/mol. The maximum absolute atomic E-state index is 10.1. The number of aromatic hydroxyl groups is 2. The van der Waals surface area contributed by atoms with Crippen molar-refractivity contribution in [3.63, 3.8) is 0 Å². The van der Waals surface area contributed by atoms with E-state index in [0.29, 0.717) is 34.5 Å². The molecule has 0 radical (unpaired) electrons. The lowest BCUT2D eigenvalue weighted by molar-refractivity contribution is 0.326. The minimum absolute atomic E-state index is 0.0686. The van der Waals surface area contributed by atoms with Crippen LogP contribution in [0.25, 0.3) is 0 Å². The van der Waals surface area contributed by atoms with E-state index in [9.17, 15) is 10.2 Å². The van der Waals surface area contributed by atoms with Gasteiger partial charge in [-0.25, -0.2) is 0 Å². The first-order chi connectivity index (χ1) is 26.2. The second kappa shape index (κ2) is 15.7. The number of hydrogen-bond donors (Lipinski definition) is 2. The van der Waals surface area contributed by atoms with Crippen molar-refractivity contribution in [3.8, 4) is 80.5 Å². The summed E-state index contributed by atoms with van der Waals surface area (Å²) in [6, 6.07) is 42.8. The fourth-order valence-electron chi connectivity index (χ4n) is 5.34. The van der Waals surface area contributed by atoms with E-state index in [1.807, 2.05) is 125 Å². The highest BCUT2D eigenvalue weighted by molar-refractivity contribution is 5.77. The number of rotatable bonds is 12. The van der Waals surface area contributed by atoms with Crippen molar-refractivity contribution in [1.82, 2.24) is 0 Å². The molecule has 0 unspecified atom stereocenters. The van der Waals surface area contributed by atoms with Crippen LogP contribution in [0, 0.1) is 27.7 Å². The fourth-order valence-corrected chi connectivity index (χ4v) is 5.34. The summed E-state index contributed by atoms with van der Waals surface area (Å²) in [4.78, 5) is 0. The summed E-state index contributed by atoms with van der Waals surface area (Å²) in [5, 5.41) is 20.3. The molecule has 0 aliphatic heterocycles. The Bertz CT molecular complexity index is 1870. The summed E-state index contributed by atoms with van der Waals surface area (Å²) < 4.78 is 40.4. The van der Waals surface area contributed by atoms with Gasteiger partial charge < -0.3 is 38.6 Å². The molecule has 270 valence electrons. The minimum Gasteiger partial charge on any atom is -0.508 e. The summed E-state index contributed by atoms with van der Waals surface area (Å²) in [6.45, 7) is 7.96. The number of hydrogen-bond acceptors (Lipinski definition) is 8. The van der Waals surface area contributed by atoms with Crippen LogP contribution >= 0.6 is 0 Å². The van der Waals surface area contributed by atoms with Crippen LogP contribution in [0.1, 0.15) is 22.3 Å². The van der Waals surface area contributed by atoms with Crippen molar-refractivity contribution >= 4 is 0 Å². The molecule has 0 bridgehead atoms. The van der Waals surface area contributed by atoms with Gasteiger partial charge in [0.15, 0.2) is 0 Å². The van der Waals surface area contributed by atoms with E-state index in [4.69, 9.17) is 28.4 Å². The molecular formula is C46H38O8. The van der Waals surface area contributed by atoms with E-state index in [0.717, 1.165) is 22.3 Å². The number of phenolic OH excluding ortho intramolecular Hbond substituents is 2. The summed E-state index contributed by atoms with van der Waals surface area (Å²) in [6.07, 6.45) is 0. The van der Waals surface area contributed by atoms with E-state index in [1.165, 1.54) is 24.3 Å². The molecule has 0 saturated carbocycles. The Hall–Kier alpha value is -7.06. The fraction of sp³-hybridized carbons (Fsp3) is 0.0870. The lowest BCUT2D eigenvalue weighted by Gasteiger charge is -2.25. The third-order valence-electron chi connectivity index (χ3n) is 8.31. The Labute approximate surface area is 314 Å². The quantitative estimate of drug-likeness (QED) is 0.129. The Kier molecular flexibility index (Phi) is 10.3. The zero-order chi connectivity index (χ0) is 37.6. The van der Waals surface area contributed by atoms with Crippen molar-refractivity contribution in [1.29, 1.82) is 0 Å². The van der Waals surface area contributed by atoms with Gasteiger partial charge in [-0.2, -0.15) is 0 Å². The van der Waals surface area contributed by atoms with E-state index in [1.54, 1.807) is 24.3 Å². The van der Waals surface area contributed by atoms with E-state index >= 15 is 0 Å². The third-order valence-corrected chi connectivity index (χ3v) is 8.31. The van der Waals surface area contributed by atoms with Crippen LogP contribution in [0.3, 0.4) is 0 Å². The SMILES string of the molecule is Cc1ccc(Oc2c(Oc3ccc(C)cc3)c(Oc3ccc(O)cc3)c(Oc3ccc(C)cc3)c(Oc3ccc(C)cc3)c2Oc2ccc(O)cc2)cc1. The molecule has 0 atom stereocenters. The van der Waals surface area contributed by atoms with Crippen molar-refractivity contribution in [2.75, 3.05) is 0 Å². The van der Waals surface area contributed by atoms with Gasteiger partial charge in [0.05, 0.1) is 0 Å². The number of phenols is 2. The highest BCUT2D eigenvalue weighted by Gasteiger charge is 2.35. The van der Waals surface area contributed by atoms with Gasteiger partial charge in [-0.05, 0) is 125 Å². The topological polar surface area (TPSA) is 95.8 Å². The molecule has 7 aromatic rings. The zero-order valence-corrected chi connectivity index (χ0v) is 30.2. The number of aryl methyl sites for hydroxylation is 4. The van der Waals surface area contributed by atoms with E-state index < -0.39 is 0 Å². The average Bonchev–Trinajstić information content (AvgIpc) is 3.17. The van der Waals surface area contributed by atoms with Gasteiger partial charge >= 0.3 is 0 Å². The monoisotopic (exact) mass is 718 g/mol. The summed E-state index contributed by atoms with van der Waals surface area (Å²) in [5.74, 6) is 3.44. The molecule has 0 fully saturated rings. The average molecular weight is 719 g/mol. The molecule has 0 heterocycles. The van der Waals surface area contributed by atoms with Gasteiger partial charge in [0, 0.05) is 0 Å². The van der Waals surface area contributed by atoms with Gasteiger partial charge in [-0.1, -0.05) is 70.8 Å². The Balaban J connectivity index is 1.57. The molecule has 54 heavy (non-hydrogen) atoms. The number of ether oxygens (including phenoxy) is 6. The molecule has 0 aliphatic rings. The Morgan fingerprint density at radius 3 is 0.556 bits per heavy atom. The summed E-state index contributed by atoms with van der Waals surface area (Å²) in [7, 11) is 0. The molecule has 0 aromatic heterocycles. The Morgan fingerprint density at radius 1 is 0.241 bits per heavy atom. The van der Waals surface area contributed by atoms with Crippen LogP contribution < -0.4 is 28.4 Å². The van der Waals surface area contributed by atoms with Gasteiger partial charge in [0.25, 0.3) is 0 Å². The van der Waals surface area contributed by atoms with Gasteiger partial charge in [0.2, 0.25) is 34.5 Å². The Morgan fingerprint density at radius 2 is 0.389 bits per heavy atom. The molecule has 2 N–H and O–H groups in total. The second-order valence-corrected chi connectivity index (χ2v) is 12.8. The maximum atomic E-state index is 10.1. The minimum atomic E-state index is 0.0686. The normalized spacial score (nSPS) is 10.7. The standard InChI is InChI=1S/C46H38O8/c1-29-5-17-35(18-6-29)49-41-42(50-36-19-7-30(2)8-20-36)46(54-40-27-15-34(48)16-28-40)44(52-38-23-11-32(4)12-24-38)43(51-37-21-9-31(3)10-22-37)45(41)53-39-25-13-33(47)14-26-39/h5-28,47-48H,1-4H3. The van der Waals surface area contributed by atoms with Crippen LogP contribution in [0.5, 0.6) is 80.5 Å². The van der Waals surface area contributed by atoms with Gasteiger partial charge in [-0.15, -0.1) is 0 Å². The third kappa shape index (κ3) is 8.52. The van der Waals surface area contributed by atoms with Crippen molar-refractivity contribution in [2.24, 2.45) is 0 Å². The lowest BCUT2D eigenvalue weighted by atomic mass is 10.2. The second-order valence-electron chi connectivity index (χ2n) is 12.8. The first kappa shape index (κ1) is 35.3. The smallest absolute Gasteiger partial charge is 0.220 e. The van der Waals surface area contributed by atoms with Gasteiger partial charge in [-0.3, -0.25) is 0 Å². The van der Waals surface area contributed by atoms with Crippen molar-refractivity contribution in [3.05, 3.63) is 168 Å². The van der Waals surface area contributed by atoms with Crippen LogP contribution in [0.15, 0.2) is 146 Å². The number of benzene rings is 7. The molecule has 8 nitrogen and oxygen atoms in total. The van der Waals surface area contributed by atoms with Crippen LogP contribution in [0.2, 0.25) is 0 Å². The van der Waals surface area contributed by atoms with Crippen LogP contribution in [-0.4, -0.2) is 10.2 Å². The lowest BCUT2D eigenvalue weighted by Crippen LogP contribution is -2.03. The highest BCUT2D eigenvalue weighted by atomic mass is 16.6. The summed E-state index contributed by atoms with van der Waals surface area (Å²) in [5.41, 5.74) is 4.17. The molecule has 7 rings (SSSR count). The zero-order valence-electron chi connectivity index (χ0n) is 30.2. The highest BCUT2D eigenvalue weighted by Crippen LogP contribution is 2.63. The van der Waals surface area contributed by atoms with Crippen molar-refractivity contribution in [2.45, 2.75) is 27.7 Å². The molecule has 7 aromatic carbocycles. The van der Waals surface area contributed by atoms with Crippen molar-refractivity contribution < 1.29 is 38.6 Å². The first-order valence-electron chi connectivity index (χ1n) is 17.3. The molecule has 0 saturated heterocycles. The molecule has 8 heteroatoms. The van der Waals surface area contributed by atoms with E-state index in [-0.39, 0.29) is 46.0 Å². The first-order valence-corrected chi connectivity index (χ1v) is 17.3.